The van der Waals surface area contributed by atoms with E-state index in [1.165, 1.54) is 6.07 Å². The summed E-state index contributed by atoms with van der Waals surface area (Å²) in [5, 5.41) is 11.1. The summed E-state index contributed by atoms with van der Waals surface area (Å²) >= 11 is 9.81. The first-order chi connectivity index (χ1) is 8.32. The van der Waals surface area contributed by atoms with Crippen molar-refractivity contribution in [1.82, 2.24) is 4.98 Å². The van der Waals surface area contributed by atoms with Crippen molar-refractivity contribution in [2.24, 2.45) is 0 Å². The molecule has 0 unspecified atom stereocenters. The first kappa shape index (κ1) is 16.6. The standard InChI is InChI=1S/C10H7Cl2NO.3ClH.Ti/c1-5-2-3-6-7(11)4-8(12)10(14)9(6)13-5;;;;/h2-4,14H,1H3;3*1H;/q;;;;+3/p-3. The molecule has 2 nitrogen and oxygen atoms in total. The number of nitrogens with zero attached hydrogens (tertiary/aromatic N) is 1. The molecule has 2 rings (SSSR count). The molecule has 0 saturated heterocycles. The number of phenolic OH excluding ortho intramolecular Hbond substituents is 1. The molecule has 2 aromatic rings. The van der Waals surface area contributed by atoms with Gasteiger partial charge in [0.1, 0.15) is 5.52 Å². The normalized spacial score (nSPS) is 9.89. The number of benzene rings is 1. The molecule has 0 atom stereocenters. The minimum atomic E-state index is -1.92. The van der Waals surface area contributed by atoms with Crippen molar-refractivity contribution in [2.45, 2.75) is 6.92 Å². The predicted molar refractivity (Wildman–Crippen MR) is 75.7 cm³/mol. The van der Waals surface area contributed by atoms with Gasteiger partial charge in [-0.3, -0.25) is 0 Å². The van der Waals surface area contributed by atoms with Gasteiger partial charge in [-0.15, -0.1) is 0 Å². The Kier molecular flexibility index (Phi) is 6.84. The van der Waals surface area contributed by atoms with E-state index < -0.39 is 14.7 Å². The number of halogens is 5. The molecule has 1 N–H and O–H groups in total. The summed E-state index contributed by atoms with van der Waals surface area (Å²) in [5.74, 6) is -0.0187. The zero-order valence-corrected chi connectivity index (χ0v) is 14.4. The molecule has 97 valence electrons. The monoisotopic (exact) mass is 380 g/mol. The minimum absolute atomic E-state index is 0.0187. The first-order valence-electron chi connectivity index (χ1n) is 4.60. The quantitative estimate of drug-likeness (QED) is 0.600. The molecule has 1 aromatic heterocycles. The first-order valence-corrected chi connectivity index (χ1v) is 11.8. The van der Waals surface area contributed by atoms with Crippen LogP contribution >= 0.6 is 51.1 Å². The molecule has 0 aliphatic heterocycles. The van der Waals surface area contributed by atoms with Gasteiger partial charge in [0.25, 0.3) is 0 Å². The Morgan fingerprint density at radius 2 is 1.67 bits per heavy atom. The molecule has 0 saturated carbocycles. The summed E-state index contributed by atoms with van der Waals surface area (Å²) in [6.07, 6.45) is 0. The van der Waals surface area contributed by atoms with E-state index in [-0.39, 0.29) is 10.8 Å². The van der Waals surface area contributed by atoms with Gasteiger partial charge in [-0.25, -0.2) is 4.98 Å². The average Bonchev–Trinajstić information content (AvgIpc) is 2.25. The van der Waals surface area contributed by atoms with Gasteiger partial charge in [0, 0.05) is 11.1 Å². The Morgan fingerprint density at radius 3 is 2.22 bits per heavy atom. The van der Waals surface area contributed by atoms with E-state index >= 15 is 0 Å². The Morgan fingerprint density at radius 1 is 1.11 bits per heavy atom. The van der Waals surface area contributed by atoms with Crippen LogP contribution in [0.1, 0.15) is 5.69 Å². The molecule has 0 aliphatic carbocycles. The zero-order chi connectivity index (χ0) is 13.9. The molecule has 18 heavy (non-hydrogen) atoms. The second-order valence-corrected chi connectivity index (χ2v) is 11.8. The number of aromatic hydroxyl groups is 1. The Bertz CT molecular complexity index is 561. The molecular weight excluding hydrogens is 375 g/mol. The van der Waals surface area contributed by atoms with Crippen LogP contribution < -0.4 is 0 Å². The summed E-state index contributed by atoms with van der Waals surface area (Å²) in [6, 6.07) is 5.16. The van der Waals surface area contributed by atoms with Crippen molar-refractivity contribution in [3.63, 3.8) is 0 Å². The predicted octanol–water partition coefficient (Wildman–Crippen LogP) is 5.62. The molecule has 1 heterocycles. The number of aryl methyl sites for hydroxylation is 1. The van der Waals surface area contributed by atoms with Gasteiger partial charge in [-0.2, -0.15) is 0 Å². The van der Waals surface area contributed by atoms with Crippen molar-refractivity contribution in [3.8, 4) is 5.75 Å². The Labute approximate surface area is 132 Å². The van der Waals surface area contributed by atoms with Crippen LogP contribution in [-0.2, 0) is 14.7 Å². The fraction of sp³-hybridized carbons (Fsp3) is 0.100. The fourth-order valence-corrected chi connectivity index (χ4v) is 1.82. The summed E-state index contributed by atoms with van der Waals surface area (Å²) in [5.41, 5.74) is 1.26. The molecular formula is C10H7Cl5NOTi. The second-order valence-electron chi connectivity index (χ2n) is 3.25. The van der Waals surface area contributed by atoms with Gasteiger partial charge in [0.15, 0.2) is 5.75 Å². The van der Waals surface area contributed by atoms with Crippen LogP contribution in [-0.4, -0.2) is 10.1 Å². The van der Waals surface area contributed by atoms with E-state index in [4.69, 9.17) is 51.1 Å². The molecule has 8 heteroatoms. The van der Waals surface area contributed by atoms with Gasteiger partial charge < -0.3 is 5.11 Å². The van der Waals surface area contributed by atoms with E-state index in [2.05, 4.69) is 4.98 Å². The maximum absolute atomic E-state index is 9.65. The average molecular weight is 382 g/mol. The SMILES string of the molecule is Cc1ccc2c(Cl)cc(Cl)c(O)c2n1.[Cl][Ti]([Cl])[Cl]. The van der Waals surface area contributed by atoms with E-state index in [1.807, 2.05) is 19.1 Å². The molecule has 0 amide bonds. The fourth-order valence-electron chi connectivity index (χ4n) is 1.30. The third kappa shape index (κ3) is 4.61. The number of fused-ring (bicyclic) bond motifs is 1. The molecule has 1 aromatic carbocycles. The summed E-state index contributed by atoms with van der Waals surface area (Å²) in [7, 11) is 14.9. The molecule has 0 aliphatic rings. The van der Waals surface area contributed by atoms with Gasteiger partial charge in [0.2, 0.25) is 0 Å². The topological polar surface area (TPSA) is 33.1 Å². The van der Waals surface area contributed by atoms with Crippen molar-refractivity contribution >= 4 is 62.0 Å². The van der Waals surface area contributed by atoms with Gasteiger partial charge >= 0.3 is 42.6 Å². The third-order valence-corrected chi connectivity index (χ3v) is 2.60. The van der Waals surface area contributed by atoms with E-state index in [0.29, 0.717) is 15.9 Å². The Balaban J connectivity index is 0.000000357. The van der Waals surface area contributed by atoms with E-state index in [1.54, 1.807) is 0 Å². The van der Waals surface area contributed by atoms with Crippen LogP contribution in [0.3, 0.4) is 0 Å². The number of hydrogen-bond donors (Lipinski definition) is 1. The van der Waals surface area contributed by atoms with E-state index in [9.17, 15) is 5.11 Å². The number of aromatic nitrogens is 1. The van der Waals surface area contributed by atoms with Crippen LogP contribution in [0.15, 0.2) is 18.2 Å². The number of pyridine rings is 1. The van der Waals surface area contributed by atoms with Crippen molar-refractivity contribution in [2.75, 3.05) is 0 Å². The van der Waals surface area contributed by atoms with Crippen molar-refractivity contribution < 1.29 is 19.8 Å². The van der Waals surface area contributed by atoms with Crippen LogP contribution in [0.4, 0.5) is 0 Å². The summed E-state index contributed by atoms with van der Waals surface area (Å²) in [4.78, 5) is 4.18. The number of phenols is 1. The van der Waals surface area contributed by atoms with Crippen LogP contribution in [0.2, 0.25) is 10.0 Å². The zero-order valence-electron chi connectivity index (χ0n) is 9.02. The van der Waals surface area contributed by atoms with Crippen molar-refractivity contribution in [1.29, 1.82) is 0 Å². The Hall–Kier alpha value is 0.594. The number of rotatable bonds is 0. The summed E-state index contributed by atoms with van der Waals surface area (Å²) in [6.45, 7) is 1.84. The van der Waals surface area contributed by atoms with Crippen molar-refractivity contribution in [3.05, 3.63) is 33.9 Å². The van der Waals surface area contributed by atoms with E-state index in [0.717, 1.165) is 5.69 Å². The van der Waals surface area contributed by atoms with Gasteiger partial charge in [-0.1, -0.05) is 23.2 Å². The second kappa shape index (κ2) is 7.40. The molecule has 0 spiro atoms. The molecule has 0 bridgehead atoms. The molecule has 0 radical (unpaired) electrons. The maximum atomic E-state index is 9.65. The van der Waals surface area contributed by atoms with Gasteiger partial charge in [-0.05, 0) is 25.1 Å². The summed E-state index contributed by atoms with van der Waals surface area (Å²) < 4.78 is 0. The van der Waals surface area contributed by atoms with Crippen LogP contribution in [0.25, 0.3) is 10.9 Å². The third-order valence-electron chi connectivity index (χ3n) is 2.00. The van der Waals surface area contributed by atoms with Crippen LogP contribution in [0, 0.1) is 6.92 Å². The number of hydrogen-bond acceptors (Lipinski definition) is 2. The van der Waals surface area contributed by atoms with Crippen LogP contribution in [0.5, 0.6) is 5.75 Å². The van der Waals surface area contributed by atoms with Gasteiger partial charge in [0.05, 0.1) is 10.0 Å². The molecule has 0 fully saturated rings.